The van der Waals surface area contributed by atoms with Gasteiger partial charge in [-0.15, -0.1) is 0 Å². The Hall–Kier alpha value is -3.13. The second-order valence-corrected chi connectivity index (χ2v) is 5.87. The zero-order chi connectivity index (χ0) is 18.8. The second kappa shape index (κ2) is 10.00. The second-order valence-electron chi connectivity index (χ2n) is 5.43. The molecule has 0 aliphatic carbocycles. The predicted molar refractivity (Wildman–Crippen MR) is 102 cm³/mol. The van der Waals surface area contributed by atoms with Crippen molar-refractivity contribution in [2.24, 2.45) is 5.73 Å². The molecule has 0 saturated heterocycles. The average molecular weight is 372 g/mol. The van der Waals surface area contributed by atoms with Crippen molar-refractivity contribution in [1.82, 2.24) is 16.2 Å². The molecular formula is C18H20N4O3S. The molecule has 0 spiro atoms. The van der Waals surface area contributed by atoms with E-state index in [1.807, 2.05) is 60.7 Å². The fraction of sp³-hybridized carbons (Fsp3) is 0.167. The van der Waals surface area contributed by atoms with E-state index in [-0.39, 0.29) is 18.1 Å². The molecular weight excluding hydrogens is 352 g/mol. The number of benzene rings is 2. The minimum atomic E-state index is -0.859. The SMILES string of the molecule is NC(=S)NNC(=O)C(Cc1ccccc1)NC(=O)OCc1ccccc1. The standard InChI is InChI=1S/C18H20N4O3S/c19-17(26)22-21-16(23)15(11-13-7-3-1-4-8-13)20-18(24)25-12-14-9-5-2-6-10-14/h1-10,15H,11-12H2,(H,20,24)(H,21,23)(H3,19,22,26). The normalized spacial score (nSPS) is 11.1. The Bertz CT molecular complexity index is 741. The van der Waals surface area contributed by atoms with E-state index in [1.54, 1.807) is 0 Å². The Morgan fingerprint density at radius 1 is 0.962 bits per heavy atom. The number of hydrogen-bond acceptors (Lipinski definition) is 4. The van der Waals surface area contributed by atoms with Crippen LogP contribution in [0.2, 0.25) is 0 Å². The first-order valence-electron chi connectivity index (χ1n) is 7.91. The number of amides is 2. The highest BCUT2D eigenvalue weighted by atomic mass is 32.1. The summed E-state index contributed by atoms with van der Waals surface area (Å²) >= 11 is 4.65. The van der Waals surface area contributed by atoms with Gasteiger partial charge in [0.25, 0.3) is 5.91 Å². The van der Waals surface area contributed by atoms with Gasteiger partial charge < -0.3 is 15.8 Å². The highest BCUT2D eigenvalue weighted by molar-refractivity contribution is 7.80. The summed E-state index contributed by atoms with van der Waals surface area (Å²) in [5.74, 6) is -0.488. The Morgan fingerprint density at radius 2 is 1.54 bits per heavy atom. The fourth-order valence-corrected chi connectivity index (χ4v) is 2.23. The van der Waals surface area contributed by atoms with E-state index in [9.17, 15) is 9.59 Å². The molecule has 0 fully saturated rings. The number of hydrazine groups is 1. The molecule has 26 heavy (non-hydrogen) atoms. The van der Waals surface area contributed by atoms with Crippen molar-refractivity contribution in [2.75, 3.05) is 0 Å². The van der Waals surface area contributed by atoms with Crippen LogP contribution >= 0.6 is 12.2 Å². The first kappa shape index (κ1) is 19.2. The molecule has 0 aliphatic heterocycles. The van der Waals surface area contributed by atoms with E-state index in [2.05, 4.69) is 28.4 Å². The van der Waals surface area contributed by atoms with Gasteiger partial charge in [0.15, 0.2) is 5.11 Å². The molecule has 2 amide bonds. The number of hydrogen-bond donors (Lipinski definition) is 4. The first-order valence-corrected chi connectivity index (χ1v) is 8.32. The van der Waals surface area contributed by atoms with Crippen LogP contribution in [-0.4, -0.2) is 23.2 Å². The van der Waals surface area contributed by atoms with Crippen molar-refractivity contribution in [3.63, 3.8) is 0 Å². The number of carbonyl (C=O) groups excluding carboxylic acids is 2. The topological polar surface area (TPSA) is 105 Å². The maximum atomic E-state index is 12.3. The van der Waals surface area contributed by atoms with Crippen molar-refractivity contribution in [1.29, 1.82) is 0 Å². The van der Waals surface area contributed by atoms with Crippen molar-refractivity contribution < 1.29 is 14.3 Å². The summed E-state index contributed by atoms with van der Waals surface area (Å²) < 4.78 is 5.17. The zero-order valence-electron chi connectivity index (χ0n) is 14.0. The predicted octanol–water partition coefficient (Wildman–Crippen LogP) is 1.39. The summed E-state index contributed by atoms with van der Waals surface area (Å²) in [5.41, 5.74) is 11.7. The number of alkyl carbamates (subject to hydrolysis) is 1. The molecule has 0 heterocycles. The van der Waals surface area contributed by atoms with Gasteiger partial charge in [-0.1, -0.05) is 60.7 Å². The Morgan fingerprint density at radius 3 is 2.12 bits per heavy atom. The average Bonchev–Trinajstić information content (AvgIpc) is 2.65. The van der Waals surface area contributed by atoms with Crippen LogP contribution in [-0.2, 0) is 22.6 Å². The van der Waals surface area contributed by atoms with E-state index >= 15 is 0 Å². The fourth-order valence-electron chi connectivity index (χ4n) is 2.18. The van der Waals surface area contributed by atoms with Crippen LogP contribution in [0.3, 0.4) is 0 Å². The maximum Gasteiger partial charge on any atom is 0.408 e. The van der Waals surface area contributed by atoms with Gasteiger partial charge in [0.1, 0.15) is 12.6 Å². The molecule has 136 valence electrons. The van der Waals surface area contributed by atoms with Crippen LogP contribution < -0.4 is 21.9 Å². The van der Waals surface area contributed by atoms with Gasteiger partial charge >= 0.3 is 6.09 Å². The van der Waals surface area contributed by atoms with Gasteiger partial charge in [-0.05, 0) is 23.3 Å². The summed E-state index contributed by atoms with van der Waals surface area (Å²) in [4.78, 5) is 24.4. The highest BCUT2D eigenvalue weighted by Crippen LogP contribution is 2.05. The number of ether oxygens (including phenoxy) is 1. The van der Waals surface area contributed by atoms with Crippen molar-refractivity contribution in [2.45, 2.75) is 19.1 Å². The third-order valence-electron chi connectivity index (χ3n) is 3.41. The Balaban J connectivity index is 1.96. The Kier molecular flexibility index (Phi) is 7.38. The van der Waals surface area contributed by atoms with Crippen LogP contribution in [0.15, 0.2) is 60.7 Å². The number of carbonyl (C=O) groups is 2. The number of rotatable bonds is 6. The van der Waals surface area contributed by atoms with E-state index < -0.39 is 18.0 Å². The number of thiocarbonyl (C=S) groups is 1. The summed E-state index contributed by atoms with van der Waals surface area (Å²) in [6.45, 7) is 0.109. The van der Waals surface area contributed by atoms with Gasteiger partial charge in [-0.3, -0.25) is 15.6 Å². The molecule has 0 aliphatic rings. The monoisotopic (exact) mass is 372 g/mol. The van der Waals surface area contributed by atoms with Gasteiger partial charge in [0.2, 0.25) is 0 Å². The van der Waals surface area contributed by atoms with Crippen molar-refractivity contribution >= 4 is 29.3 Å². The Labute approximate surface area is 156 Å². The van der Waals surface area contributed by atoms with Gasteiger partial charge in [-0.25, -0.2) is 4.79 Å². The molecule has 0 radical (unpaired) electrons. The largest absolute Gasteiger partial charge is 0.445 e. The minimum Gasteiger partial charge on any atom is -0.445 e. The van der Waals surface area contributed by atoms with E-state index in [4.69, 9.17) is 10.5 Å². The minimum absolute atomic E-state index is 0.0801. The van der Waals surface area contributed by atoms with Crippen molar-refractivity contribution in [3.05, 3.63) is 71.8 Å². The molecule has 1 unspecified atom stereocenters. The number of nitrogens with one attached hydrogen (secondary N) is 3. The molecule has 2 aromatic rings. The number of nitrogens with two attached hydrogens (primary N) is 1. The molecule has 8 heteroatoms. The van der Waals surface area contributed by atoms with E-state index in [0.717, 1.165) is 11.1 Å². The maximum absolute atomic E-state index is 12.3. The summed E-state index contributed by atoms with van der Waals surface area (Å²) in [5, 5.41) is 2.48. The first-order chi connectivity index (χ1) is 12.5. The highest BCUT2D eigenvalue weighted by Gasteiger charge is 2.22. The smallest absolute Gasteiger partial charge is 0.408 e. The lowest BCUT2D eigenvalue weighted by Gasteiger charge is -2.18. The molecule has 2 aromatic carbocycles. The molecule has 2 rings (SSSR count). The molecule has 0 bridgehead atoms. The van der Waals surface area contributed by atoms with Crippen molar-refractivity contribution in [3.8, 4) is 0 Å². The van der Waals surface area contributed by atoms with Crippen LogP contribution in [0, 0.1) is 0 Å². The molecule has 7 nitrogen and oxygen atoms in total. The zero-order valence-corrected chi connectivity index (χ0v) is 14.8. The summed E-state index contributed by atoms with van der Waals surface area (Å²) in [7, 11) is 0. The third kappa shape index (κ3) is 6.78. The lowest BCUT2D eigenvalue weighted by molar-refractivity contribution is -0.123. The lowest BCUT2D eigenvalue weighted by atomic mass is 10.1. The van der Waals surface area contributed by atoms with Crippen LogP contribution in [0.4, 0.5) is 4.79 Å². The lowest BCUT2D eigenvalue weighted by Crippen LogP contribution is -2.54. The third-order valence-corrected chi connectivity index (χ3v) is 3.51. The van der Waals surface area contributed by atoms with Crippen LogP contribution in [0.25, 0.3) is 0 Å². The summed E-state index contributed by atoms with van der Waals surface area (Å²) in [6, 6.07) is 17.7. The van der Waals surface area contributed by atoms with Gasteiger partial charge in [0.05, 0.1) is 0 Å². The van der Waals surface area contributed by atoms with Crippen LogP contribution in [0.5, 0.6) is 0 Å². The molecule has 5 N–H and O–H groups in total. The molecule has 0 saturated carbocycles. The van der Waals surface area contributed by atoms with Gasteiger partial charge in [-0.2, -0.15) is 0 Å². The van der Waals surface area contributed by atoms with Gasteiger partial charge in [0, 0.05) is 6.42 Å². The van der Waals surface area contributed by atoms with E-state index in [1.165, 1.54) is 0 Å². The molecule has 1 atom stereocenters. The van der Waals surface area contributed by atoms with Crippen LogP contribution in [0.1, 0.15) is 11.1 Å². The quantitative estimate of drug-likeness (QED) is 0.451. The molecule has 0 aromatic heterocycles. The summed E-state index contributed by atoms with van der Waals surface area (Å²) in [6.07, 6.45) is -0.410. The van der Waals surface area contributed by atoms with E-state index in [0.29, 0.717) is 0 Å².